The Morgan fingerprint density at radius 1 is 1.31 bits per heavy atom. The quantitative estimate of drug-likeness (QED) is 0.805. The van der Waals surface area contributed by atoms with Crippen molar-refractivity contribution >= 4 is 32.4 Å². The molecule has 0 saturated carbocycles. The number of hydrogen-bond donors (Lipinski definition) is 1. The van der Waals surface area contributed by atoms with Crippen LogP contribution < -0.4 is 5.32 Å². The van der Waals surface area contributed by atoms with Crippen LogP contribution >= 0.6 is 11.3 Å². The molecule has 0 aliphatic carbocycles. The summed E-state index contributed by atoms with van der Waals surface area (Å²) in [5.41, 5.74) is 0.267. The monoisotopic (exact) mass is 397 g/mol. The first-order chi connectivity index (χ1) is 12.3. The maximum atomic E-state index is 12.6. The van der Waals surface area contributed by atoms with Crippen molar-refractivity contribution in [3.63, 3.8) is 0 Å². The molecule has 1 aliphatic heterocycles. The summed E-state index contributed by atoms with van der Waals surface area (Å²) in [7, 11) is -1.89. The summed E-state index contributed by atoms with van der Waals surface area (Å²) in [6, 6.07) is 1.42. The van der Waals surface area contributed by atoms with Gasteiger partial charge in [0.25, 0.3) is 5.91 Å². The molecule has 0 radical (unpaired) electrons. The molecule has 0 bridgehead atoms. The zero-order valence-electron chi connectivity index (χ0n) is 15.1. The smallest absolute Gasteiger partial charge is 0.274 e. The minimum atomic E-state index is -3.55. The second-order valence-electron chi connectivity index (χ2n) is 6.84. The van der Waals surface area contributed by atoms with Crippen molar-refractivity contribution in [2.75, 3.05) is 18.4 Å². The lowest BCUT2D eigenvalue weighted by atomic mass is 10.1. The number of aromatic nitrogens is 3. The molecule has 2 aromatic heterocycles. The minimum Gasteiger partial charge on any atom is -0.345 e. The van der Waals surface area contributed by atoms with Gasteiger partial charge in [0.1, 0.15) is 15.6 Å². The Bertz CT molecular complexity index is 895. The number of amides is 1. The molecule has 1 amide bonds. The van der Waals surface area contributed by atoms with Crippen LogP contribution in [0.2, 0.25) is 0 Å². The van der Waals surface area contributed by atoms with Crippen LogP contribution in [0.3, 0.4) is 0 Å². The van der Waals surface area contributed by atoms with E-state index in [1.165, 1.54) is 32.5 Å². The van der Waals surface area contributed by atoms with E-state index in [9.17, 15) is 13.2 Å². The lowest BCUT2D eigenvalue weighted by molar-refractivity contribution is 0.101. The highest BCUT2D eigenvalue weighted by Crippen LogP contribution is 2.24. The van der Waals surface area contributed by atoms with Gasteiger partial charge in [-0.25, -0.2) is 8.42 Å². The molecular weight excluding hydrogens is 374 g/mol. The topological polar surface area (TPSA) is 97.2 Å². The lowest BCUT2D eigenvalue weighted by Gasteiger charge is -2.13. The summed E-state index contributed by atoms with van der Waals surface area (Å²) < 4.78 is 28.3. The van der Waals surface area contributed by atoms with Gasteiger partial charge in [-0.1, -0.05) is 25.2 Å². The summed E-state index contributed by atoms with van der Waals surface area (Å²) in [5.74, 6) is 0.0559. The van der Waals surface area contributed by atoms with Crippen LogP contribution in [0.15, 0.2) is 17.2 Å². The molecule has 3 rings (SSSR count). The number of sulfonamides is 1. The van der Waals surface area contributed by atoms with Gasteiger partial charge in [0, 0.05) is 32.8 Å². The maximum absolute atomic E-state index is 12.6. The predicted molar refractivity (Wildman–Crippen MR) is 99.8 cm³/mol. The Labute approximate surface area is 157 Å². The molecule has 0 unspecified atom stereocenters. The summed E-state index contributed by atoms with van der Waals surface area (Å²) in [6.07, 6.45) is 4.02. The van der Waals surface area contributed by atoms with E-state index in [-0.39, 0.29) is 10.6 Å². The zero-order valence-corrected chi connectivity index (χ0v) is 16.7. The van der Waals surface area contributed by atoms with Crippen molar-refractivity contribution in [1.29, 1.82) is 0 Å². The van der Waals surface area contributed by atoms with Gasteiger partial charge in [0.15, 0.2) is 0 Å². The van der Waals surface area contributed by atoms with Crippen LogP contribution in [0.4, 0.5) is 5.13 Å². The molecule has 1 fully saturated rings. The average Bonchev–Trinajstić information content (AvgIpc) is 3.27. The van der Waals surface area contributed by atoms with Gasteiger partial charge in [-0.15, -0.1) is 10.2 Å². The summed E-state index contributed by atoms with van der Waals surface area (Å²) in [4.78, 5) is 12.7. The van der Waals surface area contributed by atoms with Gasteiger partial charge in [-0.3, -0.25) is 10.1 Å². The first-order valence-corrected chi connectivity index (χ1v) is 10.8. The summed E-state index contributed by atoms with van der Waals surface area (Å²) in [5, 5.41) is 12.0. The number of carbonyl (C=O) groups is 1. The van der Waals surface area contributed by atoms with Crippen LogP contribution in [0.1, 0.15) is 42.2 Å². The fourth-order valence-corrected chi connectivity index (χ4v) is 5.41. The lowest BCUT2D eigenvalue weighted by Crippen LogP contribution is -2.27. The molecule has 1 saturated heterocycles. The predicted octanol–water partition coefficient (Wildman–Crippen LogP) is 2.11. The van der Waals surface area contributed by atoms with Crippen molar-refractivity contribution < 1.29 is 13.2 Å². The molecule has 0 atom stereocenters. The highest BCUT2D eigenvalue weighted by molar-refractivity contribution is 7.89. The van der Waals surface area contributed by atoms with Crippen LogP contribution in [0.5, 0.6) is 0 Å². The van der Waals surface area contributed by atoms with Gasteiger partial charge in [0.05, 0.1) is 0 Å². The minimum absolute atomic E-state index is 0.143. The Morgan fingerprint density at radius 3 is 2.65 bits per heavy atom. The standard InChI is InChI=1S/C16H23N5O3S2/c1-11(2)8-14-18-19-16(25-14)17-15(22)13-9-12(10-20(13)3)26(23,24)21-6-4-5-7-21/h9-11H,4-8H2,1-3H3,(H,17,19,22). The Hall–Kier alpha value is -1.78. The third-order valence-electron chi connectivity index (χ3n) is 4.19. The molecule has 1 aliphatic rings. The number of nitrogens with one attached hydrogen (secondary N) is 1. The molecule has 142 valence electrons. The number of carbonyl (C=O) groups excluding carboxylic acids is 1. The van der Waals surface area contributed by atoms with E-state index in [0.29, 0.717) is 24.1 Å². The van der Waals surface area contributed by atoms with Crippen LogP contribution in [-0.2, 0) is 23.5 Å². The van der Waals surface area contributed by atoms with Crippen LogP contribution in [0.25, 0.3) is 0 Å². The molecule has 1 N–H and O–H groups in total. The van der Waals surface area contributed by atoms with Gasteiger partial charge >= 0.3 is 0 Å². The molecule has 3 heterocycles. The SMILES string of the molecule is CC(C)Cc1nnc(NC(=O)c2cc(S(=O)(=O)N3CCCC3)cn2C)s1. The number of rotatable bonds is 6. The first kappa shape index (κ1) is 19.0. The van der Waals surface area contributed by atoms with E-state index in [1.807, 2.05) is 0 Å². The van der Waals surface area contributed by atoms with E-state index >= 15 is 0 Å². The first-order valence-electron chi connectivity index (χ1n) is 8.57. The molecule has 0 aromatic carbocycles. The van der Waals surface area contributed by atoms with E-state index in [0.717, 1.165) is 24.3 Å². The molecule has 10 heteroatoms. The van der Waals surface area contributed by atoms with Gasteiger partial charge < -0.3 is 4.57 Å². The van der Waals surface area contributed by atoms with Gasteiger partial charge in [-0.05, 0) is 24.8 Å². The molecule has 8 nitrogen and oxygen atoms in total. The normalized spacial score (nSPS) is 15.7. The van der Waals surface area contributed by atoms with Crippen molar-refractivity contribution in [2.24, 2.45) is 13.0 Å². The highest BCUT2D eigenvalue weighted by Gasteiger charge is 2.29. The van der Waals surface area contributed by atoms with E-state index in [1.54, 1.807) is 7.05 Å². The van der Waals surface area contributed by atoms with E-state index in [2.05, 4.69) is 29.4 Å². The van der Waals surface area contributed by atoms with E-state index < -0.39 is 15.9 Å². The Kier molecular flexibility index (Phi) is 5.44. The van der Waals surface area contributed by atoms with Gasteiger partial charge in [-0.2, -0.15) is 4.31 Å². The molecule has 26 heavy (non-hydrogen) atoms. The maximum Gasteiger partial charge on any atom is 0.274 e. The van der Waals surface area contributed by atoms with Crippen LogP contribution in [0, 0.1) is 5.92 Å². The summed E-state index contributed by atoms with van der Waals surface area (Å²) >= 11 is 1.33. The molecule has 0 spiro atoms. The van der Waals surface area contributed by atoms with Crippen molar-refractivity contribution in [2.45, 2.75) is 38.0 Å². The number of nitrogens with zero attached hydrogens (tertiary/aromatic N) is 4. The Balaban J connectivity index is 1.76. The Morgan fingerprint density at radius 2 is 2.00 bits per heavy atom. The fourth-order valence-electron chi connectivity index (χ4n) is 2.88. The zero-order chi connectivity index (χ0) is 18.9. The van der Waals surface area contributed by atoms with Crippen molar-refractivity contribution in [3.05, 3.63) is 23.0 Å². The second-order valence-corrected chi connectivity index (χ2v) is 9.84. The summed E-state index contributed by atoms with van der Waals surface area (Å²) in [6.45, 7) is 5.24. The fraction of sp³-hybridized carbons (Fsp3) is 0.562. The number of hydrogen-bond acceptors (Lipinski definition) is 6. The molecular formula is C16H23N5O3S2. The van der Waals surface area contributed by atoms with Crippen LogP contribution in [-0.4, -0.2) is 46.5 Å². The third-order valence-corrected chi connectivity index (χ3v) is 6.91. The van der Waals surface area contributed by atoms with Gasteiger partial charge in [0.2, 0.25) is 15.2 Å². The molecule has 2 aromatic rings. The highest BCUT2D eigenvalue weighted by atomic mass is 32.2. The second kappa shape index (κ2) is 7.45. The van der Waals surface area contributed by atoms with E-state index in [4.69, 9.17) is 0 Å². The third kappa shape index (κ3) is 3.97. The average molecular weight is 398 g/mol. The largest absolute Gasteiger partial charge is 0.345 e. The number of anilines is 1. The van der Waals surface area contributed by atoms with Crippen molar-refractivity contribution in [1.82, 2.24) is 19.1 Å². The van der Waals surface area contributed by atoms with Crippen molar-refractivity contribution in [3.8, 4) is 0 Å². The number of aryl methyl sites for hydroxylation is 1.